The van der Waals surface area contributed by atoms with Gasteiger partial charge < -0.3 is 15.5 Å². The second kappa shape index (κ2) is 5.74. The van der Waals surface area contributed by atoms with E-state index in [2.05, 4.69) is 11.8 Å². The van der Waals surface area contributed by atoms with Crippen LogP contribution < -0.4 is 10.6 Å². The number of anilines is 2. The van der Waals surface area contributed by atoms with Crippen molar-refractivity contribution < 1.29 is 8.78 Å². The highest BCUT2D eigenvalue weighted by molar-refractivity contribution is 5.68. The third-order valence-electron chi connectivity index (χ3n) is 4.00. The zero-order valence-electron chi connectivity index (χ0n) is 11.5. The highest BCUT2D eigenvalue weighted by atomic mass is 19.1. The third-order valence-corrected chi connectivity index (χ3v) is 4.00. The van der Waals surface area contributed by atoms with Crippen LogP contribution in [0.3, 0.4) is 0 Å². The predicted octanol–water partition coefficient (Wildman–Crippen LogP) is 2.47. The number of benzene rings is 1. The molecule has 2 N–H and O–H groups in total. The lowest BCUT2D eigenvalue weighted by molar-refractivity contribution is 0.221. The van der Waals surface area contributed by atoms with Crippen LogP contribution in [0.15, 0.2) is 12.1 Å². The van der Waals surface area contributed by atoms with E-state index in [1.165, 1.54) is 6.07 Å². The molecule has 106 valence electrons. The highest BCUT2D eigenvalue weighted by Gasteiger charge is 2.24. The van der Waals surface area contributed by atoms with Gasteiger partial charge in [0.2, 0.25) is 0 Å². The summed E-state index contributed by atoms with van der Waals surface area (Å²) in [7, 11) is 1.86. The Kier molecular flexibility index (Phi) is 4.24. The van der Waals surface area contributed by atoms with Crippen LogP contribution in [-0.2, 0) is 0 Å². The van der Waals surface area contributed by atoms with Gasteiger partial charge in [-0.3, -0.25) is 0 Å². The van der Waals surface area contributed by atoms with Gasteiger partial charge in [-0.2, -0.15) is 0 Å². The molecule has 19 heavy (non-hydrogen) atoms. The molecule has 1 fully saturated rings. The van der Waals surface area contributed by atoms with Crippen LogP contribution in [0.5, 0.6) is 0 Å². The molecule has 1 aromatic rings. The summed E-state index contributed by atoms with van der Waals surface area (Å²) < 4.78 is 26.8. The Bertz CT molecular complexity index is 443. The zero-order valence-corrected chi connectivity index (χ0v) is 11.5. The van der Waals surface area contributed by atoms with Gasteiger partial charge in [0.15, 0.2) is 5.82 Å². The van der Waals surface area contributed by atoms with Crippen LogP contribution in [0.1, 0.15) is 19.8 Å². The molecule has 1 saturated heterocycles. The summed E-state index contributed by atoms with van der Waals surface area (Å²) in [6, 6.07) is 2.42. The van der Waals surface area contributed by atoms with Gasteiger partial charge in [0.25, 0.3) is 0 Å². The molecule has 0 radical (unpaired) electrons. The van der Waals surface area contributed by atoms with Crippen LogP contribution in [0, 0.1) is 11.6 Å². The van der Waals surface area contributed by atoms with Gasteiger partial charge in [-0.1, -0.05) is 6.92 Å². The van der Waals surface area contributed by atoms with Crippen molar-refractivity contribution in [1.29, 1.82) is 0 Å². The first-order valence-corrected chi connectivity index (χ1v) is 6.72. The number of hydrogen-bond donors (Lipinski definition) is 1. The predicted molar refractivity (Wildman–Crippen MR) is 74.3 cm³/mol. The average Bonchev–Trinajstić information content (AvgIpc) is 2.42. The molecule has 0 saturated carbocycles. The number of piperidine rings is 1. The van der Waals surface area contributed by atoms with Crippen molar-refractivity contribution in [1.82, 2.24) is 4.90 Å². The Morgan fingerprint density at radius 1 is 1.32 bits per heavy atom. The molecule has 0 amide bonds. The lowest BCUT2D eigenvalue weighted by Gasteiger charge is -2.37. The average molecular weight is 269 g/mol. The largest absolute Gasteiger partial charge is 0.395 e. The number of nitrogen functional groups attached to an aromatic ring is 1. The Morgan fingerprint density at radius 2 is 1.95 bits per heavy atom. The van der Waals surface area contributed by atoms with Gasteiger partial charge in [-0.25, -0.2) is 8.78 Å². The molecule has 1 aliphatic heterocycles. The molecule has 0 bridgehead atoms. The van der Waals surface area contributed by atoms with Gasteiger partial charge in [-0.15, -0.1) is 0 Å². The molecule has 1 heterocycles. The van der Waals surface area contributed by atoms with E-state index in [0.29, 0.717) is 5.69 Å². The van der Waals surface area contributed by atoms with Gasteiger partial charge in [0.05, 0.1) is 11.4 Å². The van der Waals surface area contributed by atoms with E-state index in [0.717, 1.165) is 38.5 Å². The quantitative estimate of drug-likeness (QED) is 0.856. The van der Waals surface area contributed by atoms with Crippen LogP contribution in [0.25, 0.3) is 0 Å². The molecule has 2 rings (SSSR count). The topological polar surface area (TPSA) is 32.5 Å². The fourth-order valence-electron chi connectivity index (χ4n) is 2.68. The third kappa shape index (κ3) is 2.97. The number of hydrogen-bond acceptors (Lipinski definition) is 3. The fraction of sp³-hybridized carbons (Fsp3) is 0.571. The van der Waals surface area contributed by atoms with Gasteiger partial charge >= 0.3 is 0 Å². The summed E-state index contributed by atoms with van der Waals surface area (Å²) in [5, 5.41) is 0. The number of nitrogens with zero attached hydrogens (tertiary/aromatic N) is 2. The van der Waals surface area contributed by atoms with Crippen molar-refractivity contribution in [3.63, 3.8) is 0 Å². The van der Waals surface area contributed by atoms with Crippen LogP contribution >= 0.6 is 0 Å². The standard InChI is InChI=1S/C14H21F2N3/c1-3-19-6-4-11(5-7-19)18(2)13-9-10(15)8-12(16)14(13)17/h8-9,11H,3-7,17H2,1-2H3. The number of nitrogens with two attached hydrogens (primary N) is 1. The normalized spacial score (nSPS) is 17.7. The van der Waals surface area contributed by atoms with E-state index in [1.54, 1.807) is 0 Å². The highest BCUT2D eigenvalue weighted by Crippen LogP contribution is 2.30. The molecule has 0 spiro atoms. The minimum Gasteiger partial charge on any atom is -0.395 e. The molecule has 5 heteroatoms. The first-order valence-electron chi connectivity index (χ1n) is 6.72. The molecule has 1 aromatic carbocycles. The number of rotatable bonds is 3. The van der Waals surface area contributed by atoms with E-state index in [4.69, 9.17) is 5.73 Å². The second-order valence-electron chi connectivity index (χ2n) is 5.10. The Hall–Kier alpha value is -1.36. The molecule has 1 aliphatic rings. The maximum absolute atomic E-state index is 13.5. The molecule has 0 unspecified atom stereocenters. The first-order chi connectivity index (χ1) is 9.02. The van der Waals surface area contributed by atoms with E-state index < -0.39 is 11.6 Å². The summed E-state index contributed by atoms with van der Waals surface area (Å²) in [6.07, 6.45) is 1.98. The fourth-order valence-corrected chi connectivity index (χ4v) is 2.68. The van der Waals surface area contributed by atoms with Crippen molar-refractivity contribution >= 4 is 11.4 Å². The first kappa shape index (κ1) is 14.1. The van der Waals surface area contributed by atoms with E-state index in [-0.39, 0.29) is 11.7 Å². The van der Waals surface area contributed by atoms with Crippen molar-refractivity contribution in [2.75, 3.05) is 37.3 Å². The number of likely N-dealkylation sites (tertiary alicyclic amines) is 1. The minimum atomic E-state index is -0.687. The summed E-state index contributed by atoms with van der Waals surface area (Å²) in [6.45, 7) is 5.23. The molecule has 0 atom stereocenters. The van der Waals surface area contributed by atoms with E-state index in [1.807, 2.05) is 11.9 Å². The lowest BCUT2D eigenvalue weighted by Crippen LogP contribution is -2.43. The zero-order chi connectivity index (χ0) is 14.0. The van der Waals surface area contributed by atoms with Gasteiger partial charge in [0.1, 0.15) is 5.82 Å². The van der Waals surface area contributed by atoms with Crippen LogP contribution in [-0.4, -0.2) is 37.6 Å². The SMILES string of the molecule is CCN1CCC(N(C)c2cc(F)cc(F)c2N)CC1. The summed E-state index contributed by atoms with van der Waals surface area (Å²) in [5.41, 5.74) is 6.20. The molecule has 0 aliphatic carbocycles. The Morgan fingerprint density at radius 3 is 2.53 bits per heavy atom. The van der Waals surface area contributed by atoms with E-state index in [9.17, 15) is 8.78 Å². The summed E-state index contributed by atoms with van der Waals surface area (Å²) in [4.78, 5) is 4.29. The minimum absolute atomic E-state index is 0.0295. The van der Waals surface area contributed by atoms with Crippen LogP contribution in [0.2, 0.25) is 0 Å². The van der Waals surface area contributed by atoms with Crippen molar-refractivity contribution in [2.24, 2.45) is 0 Å². The maximum Gasteiger partial charge on any atom is 0.151 e. The Balaban J connectivity index is 2.14. The van der Waals surface area contributed by atoms with Gasteiger partial charge in [0, 0.05) is 32.2 Å². The molecular formula is C14H21F2N3. The summed E-state index contributed by atoms with van der Waals surface area (Å²) >= 11 is 0. The maximum atomic E-state index is 13.5. The van der Waals surface area contributed by atoms with Crippen molar-refractivity contribution in [3.05, 3.63) is 23.8 Å². The smallest absolute Gasteiger partial charge is 0.151 e. The van der Waals surface area contributed by atoms with Gasteiger partial charge in [-0.05, 0) is 25.5 Å². The monoisotopic (exact) mass is 269 g/mol. The van der Waals surface area contributed by atoms with Crippen molar-refractivity contribution in [2.45, 2.75) is 25.8 Å². The van der Waals surface area contributed by atoms with Crippen molar-refractivity contribution in [3.8, 4) is 0 Å². The van der Waals surface area contributed by atoms with Crippen LogP contribution in [0.4, 0.5) is 20.2 Å². The molecule has 3 nitrogen and oxygen atoms in total. The number of halogens is 2. The van der Waals surface area contributed by atoms with E-state index >= 15 is 0 Å². The lowest BCUT2D eigenvalue weighted by atomic mass is 10.0. The summed E-state index contributed by atoms with van der Waals surface area (Å²) in [5.74, 6) is -1.27. The molecule has 0 aromatic heterocycles. The molecular weight excluding hydrogens is 248 g/mol. The Labute approximate surface area is 113 Å². The second-order valence-corrected chi connectivity index (χ2v) is 5.10.